The largest absolute Gasteiger partial charge is 0.377 e. The summed E-state index contributed by atoms with van der Waals surface area (Å²) in [6.45, 7) is 5.20. The number of unbranched alkanes of at least 4 members (excludes halogenated alkanes) is 1. The number of amides is 2. The molecule has 114 valence electrons. The van der Waals surface area contributed by atoms with Crippen LogP contribution in [0.15, 0.2) is 0 Å². The lowest BCUT2D eigenvalue weighted by Crippen LogP contribution is -2.80. The van der Waals surface area contributed by atoms with E-state index in [4.69, 9.17) is 16.2 Å². The molecule has 0 bridgehead atoms. The molecule has 5 N–H and O–H groups in total. The summed E-state index contributed by atoms with van der Waals surface area (Å²) in [5.41, 5.74) is 10.3. The minimum Gasteiger partial charge on any atom is -0.377 e. The number of hydrogen-bond acceptors (Lipinski definition) is 4. The van der Waals surface area contributed by atoms with Gasteiger partial charge in [-0.25, -0.2) is 0 Å². The van der Waals surface area contributed by atoms with Gasteiger partial charge in [-0.2, -0.15) is 0 Å². The standard InChI is InChI=1S/C14H25N3O3/c1-13(2)11-9(6-8-20-11)14(13,16)12(19)17-7-4-3-5-10(15)18/h9,11H,3-8,16H2,1-2H3,(H2,15,18)(H,17,19). The van der Waals surface area contributed by atoms with Gasteiger partial charge in [-0.15, -0.1) is 0 Å². The third-order valence-corrected chi connectivity index (χ3v) is 4.97. The normalized spacial score (nSPS) is 34.1. The molecule has 2 fully saturated rings. The van der Waals surface area contributed by atoms with Gasteiger partial charge in [0.05, 0.1) is 6.10 Å². The smallest absolute Gasteiger partial charge is 0.241 e. The van der Waals surface area contributed by atoms with Crippen molar-refractivity contribution in [1.82, 2.24) is 5.32 Å². The quantitative estimate of drug-likeness (QED) is 0.592. The molecule has 0 aromatic heterocycles. The van der Waals surface area contributed by atoms with Crippen molar-refractivity contribution in [3.05, 3.63) is 0 Å². The summed E-state index contributed by atoms with van der Waals surface area (Å²) in [6, 6.07) is 0. The van der Waals surface area contributed by atoms with Gasteiger partial charge in [0.1, 0.15) is 5.54 Å². The molecule has 2 rings (SSSR count). The van der Waals surface area contributed by atoms with Crippen LogP contribution in [0.5, 0.6) is 0 Å². The highest BCUT2D eigenvalue weighted by molar-refractivity contribution is 5.89. The molecular formula is C14H25N3O3. The molecule has 1 saturated carbocycles. The van der Waals surface area contributed by atoms with Gasteiger partial charge in [0.15, 0.2) is 0 Å². The molecular weight excluding hydrogens is 258 g/mol. The topological polar surface area (TPSA) is 107 Å². The van der Waals surface area contributed by atoms with Crippen molar-refractivity contribution in [2.75, 3.05) is 13.2 Å². The van der Waals surface area contributed by atoms with Crippen LogP contribution < -0.4 is 16.8 Å². The van der Waals surface area contributed by atoms with Crippen LogP contribution in [0, 0.1) is 11.3 Å². The number of nitrogens with one attached hydrogen (secondary N) is 1. The van der Waals surface area contributed by atoms with Crippen molar-refractivity contribution in [2.24, 2.45) is 22.8 Å². The molecule has 0 radical (unpaired) electrons. The molecule has 0 aromatic rings. The van der Waals surface area contributed by atoms with Crippen LogP contribution in [-0.4, -0.2) is 36.6 Å². The van der Waals surface area contributed by atoms with E-state index in [0.717, 1.165) is 12.8 Å². The van der Waals surface area contributed by atoms with Crippen molar-refractivity contribution >= 4 is 11.8 Å². The summed E-state index contributed by atoms with van der Waals surface area (Å²) in [6.07, 6.45) is 2.71. The number of primary amides is 1. The van der Waals surface area contributed by atoms with Crippen molar-refractivity contribution in [1.29, 1.82) is 0 Å². The van der Waals surface area contributed by atoms with Gasteiger partial charge in [-0.3, -0.25) is 9.59 Å². The fourth-order valence-corrected chi connectivity index (χ4v) is 3.62. The maximum absolute atomic E-state index is 12.4. The van der Waals surface area contributed by atoms with Crippen molar-refractivity contribution < 1.29 is 14.3 Å². The zero-order valence-electron chi connectivity index (χ0n) is 12.3. The van der Waals surface area contributed by atoms with Crippen molar-refractivity contribution in [2.45, 2.75) is 51.2 Å². The van der Waals surface area contributed by atoms with E-state index in [1.165, 1.54) is 0 Å². The van der Waals surface area contributed by atoms with Gasteiger partial charge in [0.25, 0.3) is 0 Å². The Morgan fingerprint density at radius 1 is 1.35 bits per heavy atom. The number of fused-ring (bicyclic) bond motifs is 1. The zero-order chi connectivity index (χ0) is 15.0. The Kier molecular flexibility index (Phi) is 4.07. The minimum atomic E-state index is -0.849. The van der Waals surface area contributed by atoms with Crippen LogP contribution in [-0.2, 0) is 14.3 Å². The molecule has 0 aromatic carbocycles. The third kappa shape index (κ3) is 2.20. The average Bonchev–Trinajstić information content (AvgIpc) is 2.84. The van der Waals surface area contributed by atoms with Gasteiger partial charge in [0.2, 0.25) is 11.8 Å². The summed E-state index contributed by atoms with van der Waals surface area (Å²) in [5.74, 6) is -0.297. The zero-order valence-corrected chi connectivity index (χ0v) is 12.3. The predicted octanol–water partition coefficient (Wildman–Crippen LogP) is -0.0994. The SMILES string of the molecule is CC1(C)C2OCCC2C1(N)C(=O)NCCCCC(N)=O. The van der Waals surface area contributed by atoms with Crippen LogP contribution >= 0.6 is 0 Å². The number of hydrogen-bond donors (Lipinski definition) is 3. The molecule has 20 heavy (non-hydrogen) atoms. The summed E-state index contributed by atoms with van der Waals surface area (Å²) in [4.78, 5) is 23.0. The number of ether oxygens (including phenoxy) is 1. The predicted molar refractivity (Wildman–Crippen MR) is 74.6 cm³/mol. The van der Waals surface area contributed by atoms with Gasteiger partial charge >= 0.3 is 0 Å². The summed E-state index contributed by atoms with van der Waals surface area (Å²) in [5, 5.41) is 2.90. The highest BCUT2D eigenvalue weighted by Crippen LogP contribution is 2.58. The van der Waals surface area contributed by atoms with Gasteiger partial charge < -0.3 is 21.5 Å². The van der Waals surface area contributed by atoms with E-state index in [-0.39, 0.29) is 29.3 Å². The van der Waals surface area contributed by atoms with Gasteiger partial charge in [-0.1, -0.05) is 13.8 Å². The Bertz CT molecular complexity index is 410. The summed E-state index contributed by atoms with van der Waals surface area (Å²) in [7, 11) is 0. The first-order valence-electron chi connectivity index (χ1n) is 7.29. The monoisotopic (exact) mass is 283 g/mol. The molecule has 2 amide bonds. The molecule has 1 aliphatic carbocycles. The van der Waals surface area contributed by atoms with Crippen LogP contribution in [0.4, 0.5) is 0 Å². The second-order valence-electron chi connectivity index (χ2n) is 6.46. The van der Waals surface area contributed by atoms with Crippen LogP contribution in [0.2, 0.25) is 0 Å². The number of carbonyl (C=O) groups excluding carboxylic acids is 2. The second-order valence-corrected chi connectivity index (χ2v) is 6.46. The first-order valence-corrected chi connectivity index (χ1v) is 7.29. The van der Waals surface area contributed by atoms with Crippen LogP contribution in [0.25, 0.3) is 0 Å². The van der Waals surface area contributed by atoms with E-state index >= 15 is 0 Å². The minimum absolute atomic E-state index is 0.0908. The third-order valence-electron chi connectivity index (χ3n) is 4.97. The van der Waals surface area contributed by atoms with Gasteiger partial charge in [0, 0.05) is 30.9 Å². The molecule has 0 spiro atoms. The summed E-state index contributed by atoms with van der Waals surface area (Å²) < 4.78 is 5.67. The first-order chi connectivity index (χ1) is 9.31. The average molecular weight is 283 g/mol. The Morgan fingerprint density at radius 3 is 2.70 bits per heavy atom. The lowest BCUT2D eigenvalue weighted by Gasteiger charge is -2.60. The van der Waals surface area contributed by atoms with E-state index in [1.807, 2.05) is 13.8 Å². The Morgan fingerprint density at radius 2 is 2.05 bits per heavy atom. The first kappa shape index (κ1) is 15.3. The lowest BCUT2D eigenvalue weighted by molar-refractivity contribution is -0.175. The molecule has 6 heteroatoms. The van der Waals surface area contributed by atoms with E-state index in [0.29, 0.717) is 26.0 Å². The fourth-order valence-electron chi connectivity index (χ4n) is 3.62. The highest BCUT2D eigenvalue weighted by atomic mass is 16.5. The lowest BCUT2D eigenvalue weighted by atomic mass is 9.48. The fraction of sp³-hybridized carbons (Fsp3) is 0.857. The number of nitrogens with two attached hydrogens (primary N) is 2. The van der Waals surface area contributed by atoms with Gasteiger partial charge in [-0.05, 0) is 19.3 Å². The number of carbonyl (C=O) groups is 2. The van der Waals surface area contributed by atoms with Crippen LogP contribution in [0.1, 0.15) is 39.5 Å². The maximum Gasteiger partial charge on any atom is 0.241 e. The summed E-state index contributed by atoms with van der Waals surface area (Å²) >= 11 is 0. The number of rotatable bonds is 6. The maximum atomic E-state index is 12.4. The Hall–Kier alpha value is -1.14. The molecule has 1 saturated heterocycles. The van der Waals surface area contributed by atoms with E-state index in [2.05, 4.69) is 5.32 Å². The molecule has 1 aliphatic heterocycles. The van der Waals surface area contributed by atoms with Crippen molar-refractivity contribution in [3.63, 3.8) is 0 Å². The van der Waals surface area contributed by atoms with E-state index in [9.17, 15) is 9.59 Å². The van der Waals surface area contributed by atoms with E-state index in [1.54, 1.807) is 0 Å². The van der Waals surface area contributed by atoms with Crippen molar-refractivity contribution in [3.8, 4) is 0 Å². The van der Waals surface area contributed by atoms with E-state index < -0.39 is 5.54 Å². The molecule has 6 nitrogen and oxygen atoms in total. The molecule has 1 heterocycles. The molecule has 3 unspecified atom stereocenters. The Balaban J connectivity index is 1.84. The van der Waals surface area contributed by atoms with Crippen LogP contribution in [0.3, 0.4) is 0 Å². The molecule has 3 atom stereocenters. The molecule has 2 aliphatic rings. The highest BCUT2D eigenvalue weighted by Gasteiger charge is 2.71. The Labute approximate surface area is 119 Å². The second kappa shape index (κ2) is 5.33.